The molecule has 2 saturated heterocycles. The van der Waals surface area contributed by atoms with E-state index in [1.54, 1.807) is 18.7 Å². The van der Waals surface area contributed by atoms with Gasteiger partial charge in [0.05, 0.1) is 30.8 Å². The minimum absolute atomic E-state index is 0.0271. The molecule has 4 heterocycles. The normalized spacial score (nSPS) is 21.1. The van der Waals surface area contributed by atoms with Crippen molar-refractivity contribution in [3.05, 3.63) is 42.6 Å². The molecule has 0 radical (unpaired) electrons. The minimum Gasteiger partial charge on any atom is -0.475 e. The standard InChI is InChI=1S/C17H22N4O2.C2HF3O2/c1-5-18-16(19-6-1)20-15-10-17(23-13-15)3-7-21(8-4-17)11-14-2-9-22-12-14;3-2(4,5)1(6)7/h1-2,5-6,9,12,15H,3-4,7-8,10-11,13H2,(H,18,19,20);(H,6,7). The quantitative estimate of drug-likeness (QED) is 0.767. The predicted molar refractivity (Wildman–Crippen MR) is 99.7 cm³/mol. The van der Waals surface area contributed by atoms with Crippen molar-refractivity contribution in [1.82, 2.24) is 14.9 Å². The van der Waals surface area contributed by atoms with E-state index in [4.69, 9.17) is 19.1 Å². The van der Waals surface area contributed by atoms with Crippen molar-refractivity contribution >= 4 is 11.9 Å². The highest BCUT2D eigenvalue weighted by molar-refractivity contribution is 5.73. The summed E-state index contributed by atoms with van der Waals surface area (Å²) < 4.78 is 43.1. The van der Waals surface area contributed by atoms with Crippen LogP contribution in [0.5, 0.6) is 0 Å². The van der Waals surface area contributed by atoms with Crippen molar-refractivity contribution in [2.45, 2.75) is 43.6 Å². The van der Waals surface area contributed by atoms with Crippen LogP contribution < -0.4 is 5.32 Å². The fourth-order valence-corrected chi connectivity index (χ4v) is 3.60. The Morgan fingerprint density at radius 3 is 2.53 bits per heavy atom. The molecule has 0 aromatic carbocycles. The molecule has 4 rings (SSSR count). The molecule has 1 atom stereocenters. The van der Waals surface area contributed by atoms with Crippen LogP contribution in [0.1, 0.15) is 24.8 Å². The zero-order valence-corrected chi connectivity index (χ0v) is 16.1. The number of piperidine rings is 1. The van der Waals surface area contributed by atoms with E-state index in [2.05, 4.69) is 20.2 Å². The summed E-state index contributed by atoms with van der Waals surface area (Å²) in [7, 11) is 0. The zero-order valence-electron chi connectivity index (χ0n) is 16.1. The van der Waals surface area contributed by atoms with Crippen LogP contribution in [0.4, 0.5) is 19.1 Å². The van der Waals surface area contributed by atoms with E-state index in [9.17, 15) is 13.2 Å². The first-order valence-electron chi connectivity index (χ1n) is 9.47. The van der Waals surface area contributed by atoms with Crippen LogP contribution in [0.3, 0.4) is 0 Å². The van der Waals surface area contributed by atoms with Gasteiger partial charge in [-0.2, -0.15) is 13.2 Å². The van der Waals surface area contributed by atoms with Crippen molar-refractivity contribution in [3.8, 4) is 0 Å². The molecule has 2 aromatic heterocycles. The van der Waals surface area contributed by atoms with Crippen molar-refractivity contribution in [2.24, 2.45) is 0 Å². The topological polar surface area (TPSA) is 101 Å². The lowest BCUT2D eigenvalue weighted by atomic mass is 9.87. The molecule has 1 unspecified atom stereocenters. The number of rotatable bonds is 4. The van der Waals surface area contributed by atoms with Gasteiger partial charge in [-0.15, -0.1) is 0 Å². The van der Waals surface area contributed by atoms with Crippen LogP contribution in [-0.4, -0.2) is 63.5 Å². The Morgan fingerprint density at radius 2 is 1.97 bits per heavy atom. The molecule has 0 bridgehead atoms. The molecule has 2 N–H and O–H groups in total. The maximum absolute atomic E-state index is 10.6. The van der Waals surface area contributed by atoms with Gasteiger partial charge in [-0.1, -0.05) is 0 Å². The molecule has 30 heavy (non-hydrogen) atoms. The van der Waals surface area contributed by atoms with Gasteiger partial charge < -0.3 is 19.6 Å². The fourth-order valence-electron chi connectivity index (χ4n) is 3.60. The number of alkyl halides is 3. The van der Waals surface area contributed by atoms with Crippen LogP contribution >= 0.6 is 0 Å². The molecular weight excluding hydrogens is 405 g/mol. The Hall–Kier alpha value is -2.66. The number of nitrogens with zero attached hydrogens (tertiary/aromatic N) is 3. The number of carbonyl (C=O) groups is 1. The lowest BCUT2D eigenvalue weighted by Crippen LogP contribution is -2.44. The maximum Gasteiger partial charge on any atom is 0.490 e. The zero-order chi connectivity index (χ0) is 21.6. The highest BCUT2D eigenvalue weighted by Gasteiger charge is 2.42. The van der Waals surface area contributed by atoms with Gasteiger partial charge in [0.15, 0.2) is 0 Å². The lowest BCUT2D eigenvalue weighted by Gasteiger charge is -2.38. The van der Waals surface area contributed by atoms with Crippen molar-refractivity contribution < 1.29 is 32.2 Å². The van der Waals surface area contributed by atoms with Crippen LogP contribution in [0.25, 0.3) is 0 Å². The van der Waals surface area contributed by atoms with Gasteiger partial charge in [0.25, 0.3) is 0 Å². The van der Waals surface area contributed by atoms with Crippen LogP contribution in [0, 0.1) is 0 Å². The summed E-state index contributed by atoms with van der Waals surface area (Å²) in [4.78, 5) is 19.8. The van der Waals surface area contributed by atoms with Crippen molar-refractivity contribution in [3.63, 3.8) is 0 Å². The smallest absolute Gasteiger partial charge is 0.475 e. The van der Waals surface area contributed by atoms with Gasteiger partial charge in [-0.3, -0.25) is 4.90 Å². The van der Waals surface area contributed by atoms with E-state index < -0.39 is 12.1 Å². The largest absolute Gasteiger partial charge is 0.490 e. The Labute approximate surface area is 171 Å². The average molecular weight is 428 g/mol. The monoisotopic (exact) mass is 428 g/mol. The number of hydrogen-bond donors (Lipinski definition) is 2. The molecule has 2 aliphatic rings. The summed E-state index contributed by atoms with van der Waals surface area (Å²) in [6.45, 7) is 3.84. The molecule has 0 aliphatic carbocycles. The predicted octanol–water partition coefficient (Wildman–Crippen LogP) is 2.94. The molecular formula is C19H23F3N4O4. The summed E-state index contributed by atoms with van der Waals surface area (Å²) in [6, 6.07) is 4.17. The second-order valence-corrected chi connectivity index (χ2v) is 7.32. The van der Waals surface area contributed by atoms with E-state index in [1.807, 2.05) is 18.4 Å². The van der Waals surface area contributed by atoms with E-state index in [0.29, 0.717) is 12.0 Å². The third-order valence-corrected chi connectivity index (χ3v) is 5.10. The number of likely N-dealkylation sites (tertiary alicyclic amines) is 1. The second kappa shape index (κ2) is 9.43. The number of carboxylic acids is 1. The molecule has 0 saturated carbocycles. The summed E-state index contributed by atoms with van der Waals surface area (Å²) in [5.41, 5.74) is 1.27. The first kappa shape index (κ1) is 22.0. The summed E-state index contributed by atoms with van der Waals surface area (Å²) in [6.07, 6.45) is 5.20. The number of aromatic nitrogens is 2. The Morgan fingerprint density at radius 1 is 1.30 bits per heavy atom. The third-order valence-electron chi connectivity index (χ3n) is 5.10. The Kier molecular flexibility index (Phi) is 6.93. The number of furan rings is 1. The average Bonchev–Trinajstić information content (AvgIpc) is 3.35. The molecule has 164 valence electrons. The van der Waals surface area contributed by atoms with E-state index in [1.165, 1.54) is 5.56 Å². The first-order chi connectivity index (χ1) is 14.3. The molecule has 2 aliphatic heterocycles. The van der Waals surface area contributed by atoms with E-state index in [0.717, 1.165) is 45.5 Å². The number of anilines is 1. The van der Waals surface area contributed by atoms with E-state index >= 15 is 0 Å². The SMILES string of the molecule is O=C(O)C(F)(F)F.c1cnc(NC2COC3(CCN(Cc4ccoc4)CC3)C2)nc1. The number of carboxylic acid groups (broad SMARTS) is 1. The summed E-state index contributed by atoms with van der Waals surface area (Å²) in [5, 5.41) is 10.5. The number of hydrogen-bond acceptors (Lipinski definition) is 7. The van der Waals surface area contributed by atoms with Gasteiger partial charge in [0, 0.05) is 37.6 Å². The number of nitrogens with one attached hydrogen (secondary N) is 1. The minimum atomic E-state index is -5.08. The first-order valence-corrected chi connectivity index (χ1v) is 9.47. The van der Waals surface area contributed by atoms with Crippen LogP contribution in [0.2, 0.25) is 0 Å². The molecule has 11 heteroatoms. The Bertz CT molecular complexity index is 794. The number of aliphatic carboxylic acids is 1. The lowest BCUT2D eigenvalue weighted by molar-refractivity contribution is -0.192. The van der Waals surface area contributed by atoms with Gasteiger partial charge in [0.2, 0.25) is 5.95 Å². The maximum atomic E-state index is 10.6. The molecule has 1 spiro atoms. The van der Waals surface area contributed by atoms with Crippen LogP contribution in [-0.2, 0) is 16.1 Å². The summed E-state index contributed by atoms with van der Waals surface area (Å²) in [5.74, 6) is -2.07. The van der Waals surface area contributed by atoms with Gasteiger partial charge in [0.1, 0.15) is 0 Å². The van der Waals surface area contributed by atoms with Gasteiger partial charge in [-0.05, 0) is 31.4 Å². The molecule has 2 aromatic rings. The van der Waals surface area contributed by atoms with Crippen molar-refractivity contribution in [2.75, 3.05) is 25.0 Å². The molecule has 8 nitrogen and oxygen atoms in total. The van der Waals surface area contributed by atoms with Crippen LogP contribution in [0.15, 0.2) is 41.5 Å². The second-order valence-electron chi connectivity index (χ2n) is 7.32. The Balaban J connectivity index is 0.000000318. The van der Waals surface area contributed by atoms with Gasteiger partial charge in [-0.25, -0.2) is 14.8 Å². The third kappa shape index (κ3) is 6.17. The number of ether oxygens (including phenoxy) is 1. The highest BCUT2D eigenvalue weighted by atomic mass is 19.4. The number of halogens is 3. The summed E-state index contributed by atoms with van der Waals surface area (Å²) >= 11 is 0. The highest BCUT2D eigenvalue weighted by Crippen LogP contribution is 2.37. The van der Waals surface area contributed by atoms with Crippen molar-refractivity contribution in [1.29, 1.82) is 0 Å². The van der Waals surface area contributed by atoms with E-state index in [-0.39, 0.29) is 5.60 Å². The molecule has 2 fully saturated rings. The molecule has 0 amide bonds. The van der Waals surface area contributed by atoms with Gasteiger partial charge >= 0.3 is 12.1 Å². The fraction of sp³-hybridized carbons (Fsp3) is 0.526.